The number of aliphatic hydroxyl groups excluding tert-OH is 1. The van der Waals surface area contributed by atoms with Gasteiger partial charge in [-0.05, 0) is 43.9 Å². The van der Waals surface area contributed by atoms with Crippen molar-refractivity contribution >= 4 is 0 Å². The van der Waals surface area contributed by atoms with Gasteiger partial charge in [0.05, 0.1) is 12.1 Å². The molecule has 0 aromatic heterocycles. The van der Waals surface area contributed by atoms with Crippen molar-refractivity contribution in [1.82, 2.24) is 0 Å². The number of benzene rings is 1. The fourth-order valence-electron chi connectivity index (χ4n) is 3.25. The number of aryl methyl sites for hydroxylation is 1. The number of rotatable bonds is 17. The first-order chi connectivity index (χ1) is 13.5. The molecule has 4 N–H and O–H groups in total. The summed E-state index contributed by atoms with van der Waals surface area (Å²) >= 11 is 0. The van der Waals surface area contributed by atoms with Gasteiger partial charge in [-0.15, -0.1) is 0 Å². The third-order valence-electron chi connectivity index (χ3n) is 5.48. The second-order valence-electron chi connectivity index (χ2n) is 8.41. The second kappa shape index (κ2) is 14.8. The van der Waals surface area contributed by atoms with Crippen LogP contribution in [-0.2, 0) is 6.42 Å². The van der Waals surface area contributed by atoms with Crippen molar-refractivity contribution in [3.05, 3.63) is 29.8 Å². The van der Waals surface area contributed by atoms with E-state index in [1.165, 1.54) is 64.2 Å². The Morgan fingerprint density at radius 2 is 1.36 bits per heavy atom. The van der Waals surface area contributed by atoms with E-state index in [1.807, 2.05) is 24.3 Å². The lowest BCUT2D eigenvalue weighted by molar-refractivity contribution is -0.0927. The topological polar surface area (TPSA) is 75.7 Å². The molecule has 0 amide bonds. The minimum Gasteiger partial charge on any atom is -0.494 e. The van der Waals surface area contributed by atoms with Crippen LogP contribution in [0.3, 0.4) is 0 Å². The summed E-state index contributed by atoms with van der Waals surface area (Å²) in [5, 5.41) is 18.5. The monoisotopic (exact) mass is 393 g/mol. The molecule has 0 heterocycles. The van der Waals surface area contributed by atoms with E-state index in [0.29, 0.717) is 12.8 Å². The Morgan fingerprint density at radius 1 is 0.857 bits per heavy atom. The van der Waals surface area contributed by atoms with Gasteiger partial charge in [0.15, 0.2) is 6.29 Å². The highest BCUT2D eigenvalue weighted by atomic mass is 16.5. The fraction of sp³-hybridized carbons (Fsp3) is 0.750. The van der Waals surface area contributed by atoms with E-state index in [1.54, 1.807) is 6.92 Å². The standard InChI is InChI=1S/C24H43NO3/c1-3-4-5-6-7-8-9-10-11-12-13-20-28-22-16-14-21(15-17-22)18-19-24(2,25)23(26)27/h14-17,23,26-27H,3-13,18-20,25H2,1-2H3. The Kier molecular flexibility index (Phi) is 13.2. The van der Waals surface area contributed by atoms with E-state index in [9.17, 15) is 10.2 Å². The molecule has 1 aromatic carbocycles. The second-order valence-corrected chi connectivity index (χ2v) is 8.41. The summed E-state index contributed by atoms with van der Waals surface area (Å²) in [5.41, 5.74) is 6.01. The molecule has 1 unspecified atom stereocenters. The zero-order chi connectivity index (χ0) is 20.7. The highest BCUT2D eigenvalue weighted by molar-refractivity contribution is 5.27. The lowest BCUT2D eigenvalue weighted by Crippen LogP contribution is -2.48. The van der Waals surface area contributed by atoms with E-state index in [0.717, 1.165) is 24.3 Å². The number of unbranched alkanes of at least 4 members (excludes halogenated alkanes) is 10. The molecule has 0 bridgehead atoms. The first-order valence-electron chi connectivity index (χ1n) is 11.3. The van der Waals surface area contributed by atoms with Crippen molar-refractivity contribution in [1.29, 1.82) is 0 Å². The third-order valence-corrected chi connectivity index (χ3v) is 5.48. The van der Waals surface area contributed by atoms with E-state index in [-0.39, 0.29) is 0 Å². The summed E-state index contributed by atoms with van der Waals surface area (Å²) in [6.45, 7) is 4.69. The normalized spacial score (nSPS) is 13.6. The first-order valence-corrected chi connectivity index (χ1v) is 11.3. The molecule has 4 nitrogen and oxygen atoms in total. The van der Waals surface area contributed by atoms with Crippen LogP contribution in [0.15, 0.2) is 24.3 Å². The van der Waals surface area contributed by atoms with E-state index in [4.69, 9.17) is 10.5 Å². The molecule has 1 aromatic rings. The first kappa shape index (κ1) is 24.9. The van der Waals surface area contributed by atoms with Crippen LogP contribution in [0.2, 0.25) is 0 Å². The molecule has 0 radical (unpaired) electrons. The molecule has 1 rings (SSSR count). The average Bonchev–Trinajstić information content (AvgIpc) is 2.68. The smallest absolute Gasteiger partial charge is 0.169 e. The highest BCUT2D eigenvalue weighted by Crippen LogP contribution is 2.18. The third kappa shape index (κ3) is 11.7. The molecular weight excluding hydrogens is 350 g/mol. The van der Waals surface area contributed by atoms with Gasteiger partial charge in [0.25, 0.3) is 0 Å². The SMILES string of the molecule is CCCCCCCCCCCCCOc1ccc(CCC(C)(N)C(O)O)cc1. The van der Waals surface area contributed by atoms with Gasteiger partial charge in [0.2, 0.25) is 0 Å². The fourth-order valence-corrected chi connectivity index (χ4v) is 3.25. The number of hydrogen-bond donors (Lipinski definition) is 3. The van der Waals surface area contributed by atoms with Gasteiger partial charge in [0, 0.05) is 0 Å². The van der Waals surface area contributed by atoms with Gasteiger partial charge >= 0.3 is 0 Å². The Labute approximate surface area is 172 Å². The van der Waals surface area contributed by atoms with E-state index < -0.39 is 11.8 Å². The van der Waals surface area contributed by atoms with Crippen LogP contribution in [0.25, 0.3) is 0 Å². The highest BCUT2D eigenvalue weighted by Gasteiger charge is 2.26. The molecule has 0 fully saturated rings. The van der Waals surface area contributed by atoms with Gasteiger partial charge in [-0.2, -0.15) is 0 Å². The predicted octanol–water partition coefficient (Wildman–Crippen LogP) is 5.34. The van der Waals surface area contributed by atoms with Crippen molar-refractivity contribution < 1.29 is 14.9 Å². The van der Waals surface area contributed by atoms with E-state index >= 15 is 0 Å². The summed E-state index contributed by atoms with van der Waals surface area (Å²) in [6.07, 6.45) is 14.5. The summed E-state index contributed by atoms with van der Waals surface area (Å²) < 4.78 is 5.82. The van der Waals surface area contributed by atoms with Crippen LogP contribution in [0.4, 0.5) is 0 Å². The number of hydrogen-bond acceptors (Lipinski definition) is 4. The number of nitrogens with two attached hydrogens (primary N) is 1. The maximum Gasteiger partial charge on any atom is 0.169 e. The average molecular weight is 394 g/mol. The molecule has 0 aliphatic rings. The minimum absolute atomic E-state index is 0.517. The molecule has 0 spiro atoms. The van der Waals surface area contributed by atoms with Crippen molar-refractivity contribution in [2.75, 3.05) is 6.61 Å². The Hall–Kier alpha value is -1.10. The number of aliphatic hydroxyl groups is 2. The molecule has 4 heteroatoms. The Balaban J connectivity index is 2.03. The maximum atomic E-state index is 9.25. The summed E-state index contributed by atoms with van der Waals surface area (Å²) in [5.74, 6) is 0.897. The molecular formula is C24H43NO3. The predicted molar refractivity (Wildman–Crippen MR) is 118 cm³/mol. The number of ether oxygens (including phenoxy) is 1. The van der Waals surface area contributed by atoms with Crippen molar-refractivity contribution in [3.63, 3.8) is 0 Å². The van der Waals surface area contributed by atoms with Gasteiger partial charge in [0.1, 0.15) is 5.75 Å². The Morgan fingerprint density at radius 3 is 1.86 bits per heavy atom. The van der Waals surface area contributed by atoms with Crippen molar-refractivity contribution in [2.45, 2.75) is 109 Å². The Bertz CT molecular complexity index is 485. The van der Waals surface area contributed by atoms with Crippen molar-refractivity contribution in [2.24, 2.45) is 5.73 Å². The molecule has 28 heavy (non-hydrogen) atoms. The lowest BCUT2D eigenvalue weighted by atomic mass is 9.94. The van der Waals surface area contributed by atoms with Gasteiger partial charge in [-0.3, -0.25) is 0 Å². The van der Waals surface area contributed by atoms with Crippen LogP contribution < -0.4 is 10.5 Å². The molecule has 1 atom stereocenters. The minimum atomic E-state index is -1.50. The van der Waals surface area contributed by atoms with Gasteiger partial charge < -0.3 is 20.7 Å². The molecule has 0 saturated carbocycles. The van der Waals surface area contributed by atoms with Crippen molar-refractivity contribution in [3.8, 4) is 5.75 Å². The molecule has 0 aliphatic heterocycles. The quantitative estimate of drug-likeness (QED) is 0.247. The lowest BCUT2D eigenvalue weighted by Gasteiger charge is -2.26. The van der Waals surface area contributed by atoms with Gasteiger partial charge in [-0.25, -0.2) is 0 Å². The molecule has 0 saturated heterocycles. The van der Waals surface area contributed by atoms with E-state index in [2.05, 4.69) is 6.92 Å². The van der Waals surface area contributed by atoms with Crippen LogP contribution in [0, 0.1) is 0 Å². The maximum absolute atomic E-state index is 9.25. The zero-order valence-electron chi connectivity index (χ0n) is 18.2. The zero-order valence-corrected chi connectivity index (χ0v) is 18.2. The van der Waals surface area contributed by atoms with Crippen LogP contribution >= 0.6 is 0 Å². The van der Waals surface area contributed by atoms with Crippen LogP contribution in [0.1, 0.15) is 96.5 Å². The summed E-state index contributed by atoms with van der Waals surface area (Å²) in [6, 6.07) is 8.01. The van der Waals surface area contributed by atoms with Gasteiger partial charge in [-0.1, -0.05) is 83.3 Å². The van der Waals surface area contributed by atoms with Crippen LogP contribution in [0.5, 0.6) is 5.75 Å². The summed E-state index contributed by atoms with van der Waals surface area (Å²) in [7, 11) is 0. The molecule has 162 valence electrons. The molecule has 0 aliphatic carbocycles. The van der Waals surface area contributed by atoms with Crippen LogP contribution in [-0.4, -0.2) is 28.6 Å². The summed E-state index contributed by atoms with van der Waals surface area (Å²) in [4.78, 5) is 0. The largest absolute Gasteiger partial charge is 0.494 e.